The van der Waals surface area contributed by atoms with Gasteiger partial charge in [-0.25, -0.2) is 9.97 Å². The largest absolute Gasteiger partial charge is 0.337 e. The molecular weight excluding hydrogens is 166 g/mol. The van der Waals surface area contributed by atoms with Gasteiger partial charge < -0.3 is 4.90 Å². The van der Waals surface area contributed by atoms with Crippen molar-refractivity contribution in [3.63, 3.8) is 0 Å². The number of hydrogen-bond acceptors (Lipinski definition) is 3. The zero-order valence-electron chi connectivity index (χ0n) is 7.47. The van der Waals surface area contributed by atoms with E-state index in [1.807, 2.05) is 0 Å². The molecule has 4 heteroatoms. The maximum Gasteiger partial charge on any atom is 0.272 e. The first-order chi connectivity index (χ1) is 6.27. The van der Waals surface area contributed by atoms with Gasteiger partial charge in [0.2, 0.25) is 0 Å². The number of carbonyl (C=O) groups excluding carboxylic acids is 1. The second-order valence-electron chi connectivity index (χ2n) is 3.41. The van der Waals surface area contributed by atoms with Gasteiger partial charge in [0.1, 0.15) is 12.0 Å². The maximum atomic E-state index is 11.6. The number of likely N-dealkylation sites (tertiary alicyclic amines) is 1. The number of amides is 1. The molecule has 13 heavy (non-hydrogen) atoms. The van der Waals surface area contributed by atoms with Gasteiger partial charge in [-0.1, -0.05) is 6.92 Å². The number of aromatic nitrogens is 2. The molecule has 0 saturated carbocycles. The van der Waals surface area contributed by atoms with Gasteiger partial charge in [0.25, 0.3) is 5.91 Å². The van der Waals surface area contributed by atoms with Crippen LogP contribution in [0.4, 0.5) is 0 Å². The molecule has 2 heterocycles. The van der Waals surface area contributed by atoms with Gasteiger partial charge in [-0.05, 0) is 12.0 Å². The third-order valence-electron chi connectivity index (χ3n) is 2.15. The minimum Gasteiger partial charge on any atom is -0.337 e. The van der Waals surface area contributed by atoms with Crippen molar-refractivity contribution < 1.29 is 4.79 Å². The van der Waals surface area contributed by atoms with Crippen molar-refractivity contribution >= 4 is 5.91 Å². The van der Waals surface area contributed by atoms with Gasteiger partial charge in [-0.3, -0.25) is 4.79 Å². The van der Waals surface area contributed by atoms with Crippen LogP contribution in [0.5, 0.6) is 0 Å². The third-order valence-corrected chi connectivity index (χ3v) is 2.15. The fraction of sp³-hybridized carbons (Fsp3) is 0.444. The van der Waals surface area contributed by atoms with Crippen LogP contribution in [0.25, 0.3) is 0 Å². The standard InChI is InChI=1S/C9H11N3O/c1-7-4-12(5-7)9(13)8-2-3-10-6-11-8/h2-3,6-7H,4-5H2,1H3. The Labute approximate surface area is 76.6 Å². The smallest absolute Gasteiger partial charge is 0.272 e. The van der Waals surface area contributed by atoms with Gasteiger partial charge in [-0.2, -0.15) is 0 Å². The SMILES string of the molecule is CC1CN(C(=O)c2ccncn2)C1. The van der Waals surface area contributed by atoms with Crippen LogP contribution >= 0.6 is 0 Å². The van der Waals surface area contributed by atoms with Crippen molar-refractivity contribution in [3.8, 4) is 0 Å². The highest BCUT2D eigenvalue weighted by molar-refractivity contribution is 5.92. The quantitative estimate of drug-likeness (QED) is 0.630. The summed E-state index contributed by atoms with van der Waals surface area (Å²) in [4.78, 5) is 21.1. The Morgan fingerprint density at radius 2 is 2.38 bits per heavy atom. The molecule has 1 aromatic heterocycles. The summed E-state index contributed by atoms with van der Waals surface area (Å²) in [6.45, 7) is 3.83. The monoisotopic (exact) mass is 177 g/mol. The second kappa shape index (κ2) is 3.12. The van der Waals surface area contributed by atoms with Crippen LogP contribution in [0.1, 0.15) is 17.4 Å². The van der Waals surface area contributed by atoms with E-state index in [0.29, 0.717) is 11.6 Å². The molecule has 0 spiro atoms. The van der Waals surface area contributed by atoms with Crippen LogP contribution in [0, 0.1) is 5.92 Å². The van der Waals surface area contributed by atoms with Gasteiger partial charge in [0.15, 0.2) is 0 Å². The Morgan fingerprint density at radius 3 is 2.92 bits per heavy atom. The molecule has 68 valence electrons. The lowest BCUT2D eigenvalue weighted by Gasteiger charge is -2.36. The Hall–Kier alpha value is -1.45. The van der Waals surface area contributed by atoms with Crippen molar-refractivity contribution in [1.29, 1.82) is 0 Å². The van der Waals surface area contributed by atoms with E-state index < -0.39 is 0 Å². The summed E-state index contributed by atoms with van der Waals surface area (Å²) in [6.07, 6.45) is 2.99. The minimum atomic E-state index is 0.0144. The van der Waals surface area contributed by atoms with Crippen LogP contribution in [-0.2, 0) is 0 Å². The van der Waals surface area contributed by atoms with E-state index in [2.05, 4.69) is 16.9 Å². The first kappa shape index (κ1) is 8.16. The molecule has 0 aromatic carbocycles. The van der Waals surface area contributed by atoms with Gasteiger partial charge in [0.05, 0.1) is 0 Å². The molecule has 0 aliphatic carbocycles. The molecule has 0 bridgehead atoms. The topological polar surface area (TPSA) is 46.1 Å². The van der Waals surface area contributed by atoms with Gasteiger partial charge in [0, 0.05) is 19.3 Å². The fourth-order valence-electron chi connectivity index (χ4n) is 1.44. The van der Waals surface area contributed by atoms with Crippen molar-refractivity contribution in [2.45, 2.75) is 6.92 Å². The molecule has 0 unspecified atom stereocenters. The zero-order valence-corrected chi connectivity index (χ0v) is 7.47. The Morgan fingerprint density at radius 1 is 1.62 bits per heavy atom. The highest BCUT2D eigenvalue weighted by Crippen LogP contribution is 2.16. The summed E-state index contributed by atoms with van der Waals surface area (Å²) in [5.41, 5.74) is 0.488. The molecule has 4 nitrogen and oxygen atoms in total. The maximum absolute atomic E-state index is 11.6. The fourth-order valence-corrected chi connectivity index (χ4v) is 1.44. The molecular formula is C9H11N3O. The lowest BCUT2D eigenvalue weighted by Crippen LogP contribution is -2.48. The first-order valence-corrected chi connectivity index (χ1v) is 4.32. The van der Waals surface area contributed by atoms with Crippen molar-refractivity contribution in [3.05, 3.63) is 24.3 Å². The molecule has 0 radical (unpaired) electrons. The van der Waals surface area contributed by atoms with Crippen molar-refractivity contribution in [2.75, 3.05) is 13.1 Å². The summed E-state index contributed by atoms with van der Waals surface area (Å²) >= 11 is 0. The zero-order chi connectivity index (χ0) is 9.26. The van der Waals surface area contributed by atoms with Crippen LogP contribution < -0.4 is 0 Å². The number of nitrogens with zero attached hydrogens (tertiary/aromatic N) is 3. The summed E-state index contributed by atoms with van der Waals surface area (Å²) < 4.78 is 0. The van der Waals surface area contributed by atoms with Crippen LogP contribution in [0.2, 0.25) is 0 Å². The summed E-state index contributed by atoms with van der Waals surface area (Å²) in [5.74, 6) is 0.645. The lowest BCUT2D eigenvalue weighted by molar-refractivity contribution is 0.0524. The average Bonchev–Trinajstić information content (AvgIpc) is 2.13. The molecule has 1 aliphatic heterocycles. The Balaban J connectivity index is 2.06. The van der Waals surface area contributed by atoms with Crippen molar-refractivity contribution in [2.24, 2.45) is 5.92 Å². The van der Waals surface area contributed by atoms with Crippen molar-refractivity contribution in [1.82, 2.24) is 14.9 Å². The molecule has 1 amide bonds. The molecule has 1 aliphatic rings. The van der Waals surface area contributed by atoms with E-state index >= 15 is 0 Å². The van der Waals surface area contributed by atoms with E-state index in [1.54, 1.807) is 17.2 Å². The van der Waals surface area contributed by atoms with E-state index in [1.165, 1.54) is 6.33 Å². The third kappa shape index (κ3) is 1.52. The van der Waals surface area contributed by atoms with E-state index in [4.69, 9.17) is 0 Å². The second-order valence-corrected chi connectivity index (χ2v) is 3.41. The van der Waals surface area contributed by atoms with Crippen LogP contribution in [0.15, 0.2) is 18.6 Å². The van der Waals surface area contributed by atoms with Crippen LogP contribution in [0.3, 0.4) is 0 Å². The first-order valence-electron chi connectivity index (χ1n) is 4.32. The molecule has 2 rings (SSSR count). The predicted molar refractivity (Wildman–Crippen MR) is 47.1 cm³/mol. The molecule has 1 fully saturated rings. The Bertz CT molecular complexity index is 306. The highest BCUT2D eigenvalue weighted by atomic mass is 16.2. The summed E-state index contributed by atoms with van der Waals surface area (Å²) in [6, 6.07) is 1.64. The lowest BCUT2D eigenvalue weighted by atomic mass is 10.0. The average molecular weight is 177 g/mol. The van der Waals surface area contributed by atoms with E-state index in [9.17, 15) is 4.79 Å². The minimum absolute atomic E-state index is 0.0144. The number of carbonyl (C=O) groups is 1. The number of hydrogen-bond donors (Lipinski definition) is 0. The molecule has 1 saturated heterocycles. The summed E-state index contributed by atoms with van der Waals surface area (Å²) in [7, 11) is 0. The molecule has 0 N–H and O–H groups in total. The normalized spacial score (nSPS) is 16.8. The van der Waals surface area contributed by atoms with Crippen LogP contribution in [-0.4, -0.2) is 33.9 Å². The van der Waals surface area contributed by atoms with E-state index in [-0.39, 0.29) is 5.91 Å². The van der Waals surface area contributed by atoms with Gasteiger partial charge in [-0.15, -0.1) is 0 Å². The van der Waals surface area contributed by atoms with Gasteiger partial charge >= 0.3 is 0 Å². The predicted octanol–water partition coefficient (Wildman–Crippen LogP) is 0.569. The van der Waals surface area contributed by atoms with E-state index in [0.717, 1.165) is 13.1 Å². The number of rotatable bonds is 1. The Kier molecular flexibility index (Phi) is 1.96. The summed E-state index contributed by atoms with van der Waals surface area (Å²) in [5, 5.41) is 0. The molecule has 0 atom stereocenters. The molecule has 1 aromatic rings. The highest BCUT2D eigenvalue weighted by Gasteiger charge is 2.28.